The monoisotopic (exact) mass is 341 g/mol. The van der Waals surface area contributed by atoms with E-state index < -0.39 is 12.5 Å². The molecular formula is C15H14F3N3O3. The highest BCUT2D eigenvalue weighted by Crippen LogP contribution is 2.34. The number of nitrogens with zero attached hydrogens (tertiary/aromatic N) is 2. The van der Waals surface area contributed by atoms with Crippen molar-refractivity contribution in [2.75, 3.05) is 18.4 Å². The summed E-state index contributed by atoms with van der Waals surface area (Å²) in [7, 11) is 0. The molecule has 0 spiro atoms. The average molecular weight is 341 g/mol. The number of likely N-dealkylation sites (tertiary alicyclic amines) is 1. The van der Waals surface area contributed by atoms with Crippen molar-refractivity contribution < 1.29 is 27.8 Å². The molecule has 128 valence electrons. The van der Waals surface area contributed by atoms with Gasteiger partial charge in [0.05, 0.1) is 0 Å². The minimum absolute atomic E-state index is 0.0907. The fourth-order valence-electron chi connectivity index (χ4n) is 2.75. The fraction of sp³-hybridized carbons (Fsp3) is 0.333. The van der Waals surface area contributed by atoms with Gasteiger partial charge in [-0.3, -0.25) is 4.98 Å². The van der Waals surface area contributed by atoms with Gasteiger partial charge in [-0.15, -0.1) is 13.2 Å². The number of fused-ring (bicyclic) bond motifs is 1. The Hall–Kier alpha value is -2.71. The van der Waals surface area contributed by atoms with Crippen LogP contribution in [0.4, 0.5) is 23.7 Å². The number of alkyl halides is 3. The van der Waals surface area contributed by atoms with Crippen LogP contribution in [0, 0.1) is 0 Å². The number of carboxylic acid groups (broad SMARTS) is 1. The molecule has 0 unspecified atom stereocenters. The summed E-state index contributed by atoms with van der Waals surface area (Å²) < 4.78 is 41.5. The standard InChI is InChI=1S/C15H14F3N3O3/c16-15(17,18)24-12-4-3-11(10-2-1-6-19-13(10)12)20-9-5-7-21(8-9)14(22)23/h1-4,6,9,20H,5,7-8H2,(H,22,23)/t9-/m0/s1. The van der Waals surface area contributed by atoms with Gasteiger partial charge in [0.15, 0.2) is 5.75 Å². The van der Waals surface area contributed by atoms with Gasteiger partial charge in [0, 0.05) is 36.4 Å². The molecule has 1 fully saturated rings. The molecule has 3 rings (SSSR count). The van der Waals surface area contributed by atoms with E-state index in [9.17, 15) is 18.0 Å². The first kappa shape index (κ1) is 16.2. The van der Waals surface area contributed by atoms with Gasteiger partial charge in [0.2, 0.25) is 0 Å². The van der Waals surface area contributed by atoms with Crippen molar-refractivity contribution in [2.24, 2.45) is 0 Å². The number of aromatic nitrogens is 1. The number of anilines is 1. The molecule has 2 N–H and O–H groups in total. The van der Waals surface area contributed by atoms with E-state index >= 15 is 0 Å². The molecule has 1 aromatic carbocycles. The lowest BCUT2D eigenvalue weighted by molar-refractivity contribution is -0.274. The highest BCUT2D eigenvalue weighted by Gasteiger charge is 2.32. The molecule has 0 bridgehead atoms. The van der Waals surface area contributed by atoms with E-state index in [-0.39, 0.29) is 17.3 Å². The van der Waals surface area contributed by atoms with Gasteiger partial charge in [-0.05, 0) is 30.7 Å². The van der Waals surface area contributed by atoms with Crippen LogP contribution in [0.2, 0.25) is 0 Å². The molecule has 1 aliphatic heterocycles. The maximum absolute atomic E-state index is 12.5. The van der Waals surface area contributed by atoms with Crippen LogP contribution in [0.25, 0.3) is 10.9 Å². The topological polar surface area (TPSA) is 74.7 Å². The Morgan fingerprint density at radius 1 is 1.38 bits per heavy atom. The van der Waals surface area contributed by atoms with Gasteiger partial charge in [0.25, 0.3) is 0 Å². The lowest BCUT2D eigenvalue weighted by Gasteiger charge is -2.18. The zero-order chi connectivity index (χ0) is 17.3. The number of nitrogens with one attached hydrogen (secondary N) is 1. The van der Waals surface area contributed by atoms with Crippen LogP contribution in [-0.2, 0) is 0 Å². The Labute approximate surface area is 134 Å². The summed E-state index contributed by atoms with van der Waals surface area (Å²) in [5, 5.41) is 12.6. The van der Waals surface area contributed by atoms with Crippen LogP contribution in [0.1, 0.15) is 6.42 Å². The van der Waals surface area contributed by atoms with Crippen LogP contribution in [-0.4, -0.2) is 46.6 Å². The molecule has 24 heavy (non-hydrogen) atoms. The first-order valence-corrected chi connectivity index (χ1v) is 7.21. The second-order valence-corrected chi connectivity index (χ2v) is 5.42. The second kappa shape index (κ2) is 6.06. The molecule has 1 atom stereocenters. The largest absolute Gasteiger partial charge is 0.573 e. The zero-order valence-electron chi connectivity index (χ0n) is 12.4. The third-order valence-electron chi connectivity index (χ3n) is 3.78. The number of amides is 1. The van der Waals surface area contributed by atoms with E-state index in [4.69, 9.17) is 5.11 Å². The molecule has 2 aromatic rings. The van der Waals surface area contributed by atoms with Crippen molar-refractivity contribution in [1.82, 2.24) is 9.88 Å². The Morgan fingerprint density at radius 2 is 2.17 bits per heavy atom. The Morgan fingerprint density at radius 3 is 2.83 bits per heavy atom. The average Bonchev–Trinajstić information content (AvgIpc) is 2.97. The Balaban J connectivity index is 1.87. The minimum atomic E-state index is -4.80. The van der Waals surface area contributed by atoms with E-state index in [0.29, 0.717) is 30.6 Å². The molecule has 0 radical (unpaired) electrons. The normalized spacial score (nSPS) is 18.0. The van der Waals surface area contributed by atoms with Crippen LogP contribution in [0.3, 0.4) is 0 Å². The van der Waals surface area contributed by atoms with Crippen LogP contribution in [0.5, 0.6) is 5.75 Å². The summed E-state index contributed by atoms with van der Waals surface area (Å²) in [6, 6.07) is 5.82. The molecule has 1 aliphatic rings. The Bertz CT molecular complexity index is 766. The number of pyridine rings is 1. The first-order valence-electron chi connectivity index (χ1n) is 7.21. The van der Waals surface area contributed by atoms with Gasteiger partial charge in [-0.1, -0.05) is 0 Å². The first-order chi connectivity index (χ1) is 11.3. The van der Waals surface area contributed by atoms with Gasteiger partial charge < -0.3 is 20.1 Å². The molecule has 6 nitrogen and oxygen atoms in total. The molecule has 2 heterocycles. The molecule has 9 heteroatoms. The number of rotatable bonds is 3. The summed E-state index contributed by atoms with van der Waals surface area (Å²) in [4.78, 5) is 16.2. The molecular weight excluding hydrogens is 327 g/mol. The van der Waals surface area contributed by atoms with Crippen molar-refractivity contribution >= 4 is 22.7 Å². The number of hydrogen-bond donors (Lipinski definition) is 2. The highest BCUT2D eigenvalue weighted by atomic mass is 19.4. The lowest BCUT2D eigenvalue weighted by atomic mass is 10.1. The van der Waals surface area contributed by atoms with Crippen molar-refractivity contribution in [3.63, 3.8) is 0 Å². The maximum atomic E-state index is 12.5. The molecule has 1 amide bonds. The third-order valence-corrected chi connectivity index (χ3v) is 3.78. The molecule has 0 aliphatic carbocycles. The summed E-state index contributed by atoms with van der Waals surface area (Å²) in [6.45, 7) is 0.732. The summed E-state index contributed by atoms with van der Waals surface area (Å²) >= 11 is 0. The number of benzene rings is 1. The smallest absolute Gasteiger partial charge is 0.465 e. The molecule has 0 saturated carbocycles. The molecule has 1 aromatic heterocycles. The van der Waals surface area contributed by atoms with E-state index in [2.05, 4.69) is 15.0 Å². The van der Waals surface area contributed by atoms with Gasteiger partial charge >= 0.3 is 12.5 Å². The van der Waals surface area contributed by atoms with Gasteiger partial charge in [-0.2, -0.15) is 0 Å². The van der Waals surface area contributed by atoms with Crippen LogP contribution >= 0.6 is 0 Å². The van der Waals surface area contributed by atoms with Crippen molar-refractivity contribution in [3.8, 4) is 5.75 Å². The number of hydrogen-bond acceptors (Lipinski definition) is 4. The number of carbonyl (C=O) groups is 1. The lowest BCUT2D eigenvalue weighted by Crippen LogP contribution is -2.30. The highest BCUT2D eigenvalue weighted by molar-refractivity contribution is 5.95. The second-order valence-electron chi connectivity index (χ2n) is 5.42. The van der Waals surface area contributed by atoms with E-state index in [1.807, 2.05) is 0 Å². The third kappa shape index (κ3) is 3.44. The van der Waals surface area contributed by atoms with E-state index in [1.54, 1.807) is 12.1 Å². The van der Waals surface area contributed by atoms with Crippen LogP contribution < -0.4 is 10.1 Å². The van der Waals surface area contributed by atoms with Crippen molar-refractivity contribution in [1.29, 1.82) is 0 Å². The summed E-state index contributed by atoms with van der Waals surface area (Å²) in [5.74, 6) is -0.373. The van der Waals surface area contributed by atoms with Gasteiger partial charge in [-0.25, -0.2) is 4.79 Å². The quantitative estimate of drug-likeness (QED) is 0.896. The maximum Gasteiger partial charge on any atom is 0.573 e. The SMILES string of the molecule is O=C(O)N1CC[C@H](Nc2ccc(OC(F)(F)F)c3ncccc23)C1. The van der Waals surface area contributed by atoms with Crippen molar-refractivity contribution in [3.05, 3.63) is 30.5 Å². The van der Waals surface area contributed by atoms with Crippen molar-refractivity contribution in [2.45, 2.75) is 18.8 Å². The minimum Gasteiger partial charge on any atom is -0.465 e. The van der Waals surface area contributed by atoms with E-state index in [0.717, 1.165) is 0 Å². The summed E-state index contributed by atoms with van der Waals surface area (Å²) in [6.07, 6.45) is -3.78. The predicted octanol–water partition coefficient (Wildman–Crippen LogP) is 3.30. The Kier molecular flexibility index (Phi) is 4.08. The molecule has 1 saturated heterocycles. The predicted molar refractivity (Wildman–Crippen MR) is 80.1 cm³/mol. The number of halogens is 3. The van der Waals surface area contributed by atoms with E-state index in [1.165, 1.54) is 23.2 Å². The van der Waals surface area contributed by atoms with Gasteiger partial charge in [0.1, 0.15) is 5.52 Å². The zero-order valence-corrected chi connectivity index (χ0v) is 12.4. The van der Waals surface area contributed by atoms with Crippen LogP contribution in [0.15, 0.2) is 30.5 Å². The fourth-order valence-corrected chi connectivity index (χ4v) is 2.75. The summed E-state index contributed by atoms with van der Waals surface area (Å²) in [5.41, 5.74) is 0.678. The number of ether oxygens (including phenoxy) is 1.